The van der Waals surface area contributed by atoms with Gasteiger partial charge in [0.1, 0.15) is 12.0 Å². The van der Waals surface area contributed by atoms with Crippen molar-refractivity contribution >= 4 is 45.9 Å². The minimum absolute atomic E-state index is 0.0756. The van der Waals surface area contributed by atoms with Crippen LogP contribution < -0.4 is 10.1 Å². The summed E-state index contributed by atoms with van der Waals surface area (Å²) in [5.74, 6) is 1.16. The summed E-state index contributed by atoms with van der Waals surface area (Å²) in [6.07, 6.45) is 3.55. The van der Waals surface area contributed by atoms with Gasteiger partial charge in [0, 0.05) is 12.7 Å². The van der Waals surface area contributed by atoms with Gasteiger partial charge in [0.05, 0.1) is 24.1 Å². The maximum atomic E-state index is 6.29. The predicted molar refractivity (Wildman–Crippen MR) is 95.8 cm³/mol. The molecule has 1 aromatic carbocycles. The number of benzene rings is 1. The Kier molecular flexibility index (Phi) is 4.37. The molecule has 4 rings (SSSR count). The van der Waals surface area contributed by atoms with Crippen LogP contribution in [-0.2, 0) is 4.74 Å². The molecule has 1 aliphatic rings. The number of methoxy groups -OCH3 is 1. The number of hydrogen-bond acceptors (Lipinski definition) is 6. The fourth-order valence-electron chi connectivity index (χ4n) is 2.82. The molecule has 7 nitrogen and oxygen atoms in total. The standard InChI is InChI=1S/C16H15Cl2N5O2/c1-24-9-4-5-11(10(17)7-9)20-14-13-15(22-16(18)21-14)23(8-19-13)12-3-2-6-25-12/h4-5,7-8,12H,2-3,6H2,1H3,(H,20,21,22). The van der Waals surface area contributed by atoms with Gasteiger partial charge in [-0.05, 0) is 36.6 Å². The van der Waals surface area contributed by atoms with Crippen molar-refractivity contribution in [3.8, 4) is 5.75 Å². The van der Waals surface area contributed by atoms with Crippen LogP contribution in [0.4, 0.5) is 11.5 Å². The fourth-order valence-corrected chi connectivity index (χ4v) is 3.20. The van der Waals surface area contributed by atoms with Gasteiger partial charge in [0.15, 0.2) is 17.0 Å². The lowest BCUT2D eigenvalue weighted by Gasteiger charge is -2.12. The third kappa shape index (κ3) is 3.10. The summed E-state index contributed by atoms with van der Waals surface area (Å²) in [5.41, 5.74) is 1.90. The van der Waals surface area contributed by atoms with Gasteiger partial charge in [-0.3, -0.25) is 4.57 Å². The third-order valence-corrected chi connectivity index (χ3v) is 4.52. The van der Waals surface area contributed by atoms with Crippen LogP contribution in [0.1, 0.15) is 19.1 Å². The third-order valence-electron chi connectivity index (χ3n) is 4.04. The maximum absolute atomic E-state index is 6.29. The SMILES string of the molecule is COc1ccc(Nc2nc(Cl)nc3c2ncn3C2CCCO2)c(Cl)c1. The Morgan fingerprint density at radius 2 is 2.20 bits per heavy atom. The average Bonchev–Trinajstić information content (AvgIpc) is 3.25. The number of nitrogens with one attached hydrogen (secondary N) is 1. The quantitative estimate of drug-likeness (QED) is 0.684. The Hall–Kier alpha value is -2.09. The van der Waals surface area contributed by atoms with Crippen LogP contribution in [0.3, 0.4) is 0 Å². The van der Waals surface area contributed by atoms with Crippen LogP contribution in [0.25, 0.3) is 11.2 Å². The zero-order valence-corrected chi connectivity index (χ0v) is 14.9. The molecule has 0 bridgehead atoms. The first kappa shape index (κ1) is 16.4. The average molecular weight is 380 g/mol. The molecule has 0 saturated carbocycles. The maximum Gasteiger partial charge on any atom is 0.226 e. The van der Waals surface area contributed by atoms with Crippen LogP contribution in [0.2, 0.25) is 10.3 Å². The van der Waals surface area contributed by atoms with Gasteiger partial charge in [0.25, 0.3) is 0 Å². The first-order valence-electron chi connectivity index (χ1n) is 7.78. The molecule has 1 atom stereocenters. The molecular formula is C16H15Cl2N5O2. The van der Waals surface area contributed by atoms with E-state index in [0.717, 1.165) is 19.4 Å². The van der Waals surface area contributed by atoms with Crippen LogP contribution in [0, 0.1) is 0 Å². The molecule has 1 saturated heterocycles. The Morgan fingerprint density at radius 3 is 2.92 bits per heavy atom. The highest BCUT2D eigenvalue weighted by atomic mass is 35.5. The molecule has 3 heterocycles. The molecule has 0 spiro atoms. The Labute approximate surface area is 153 Å². The lowest BCUT2D eigenvalue weighted by molar-refractivity contribution is 0.0593. The van der Waals surface area contributed by atoms with E-state index in [1.165, 1.54) is 0 Å². The summed E-state index contributed by atoms with van der Waals surface area (Å²) >= 11 is 12.4. The van der Waals surface area contributed by atoms with Crippen molar-refractivity contribution in [2.75, 3.05) is 19.0 Å². The summed E-state index contributed by atoms with van der Waals surface area (Å²) in [4.78, 5) is 13.0. The van der Waals surface area contributed by atoms with Crippen LogP contribution in [0.5, 0.6) is 5.75 Å². The number of rotatable bonds is 4. The summed E-state index contributed by atoms with van der Waals surface area (Å²) in [7, 11) is 1.59. The summed E-state index contributed by atoms with van der Waals surface area (Å²) in [6.45, 7) is 0.732. The van der Waals surface area contributed by atoms with Gasteiger partial charge >= 0.3 is 0 Å². The number of halogens is 2. The molecule has 1 unspecified atom stereocenters. The Balaban J connectivity index is 1.74. The molecule has 1 aliphatic heterocycles. The number of nitrogens with zero attached hydrogens (tertiary/aromatic N) is 4. The lowest BCUT2D eigenvalue weighted by Crippen LogP contribution is -2.07. The zero-order chi connectivity index (χ0) is 17.4. The van der Waals surface area contributed by atoms with E-state index in [1.54, 1.807) is 31.6 Å². The molecule has 1 N–H and O–H groups in total. The van der Waals surface area contributed by atoms with Gasteiger partial charge in [-0.25, -0.2) is 4.98 Å². The van der Waals surface area contributed by atoms with E-state index in [4.69, 9.17) is 32.7 Å². The van der Waals surface area contributed by atoms with Gasteiger partial charge in [-0.15, -0.1) is 0 Å². The van der Waals surface area contributed by atoms with Crippen LogP contribution in [-0.4, -0.2) is 33.2 Å². The minimum atomic E-state index is -0.0756. The van der Waals surface area contributed by atoms with E-state index in [9.17, 15) is 0 Å². The van der Waals surface area contributed by atoms with Crippen molar-refractivity contribution in [1.29, 1.82) is 0 Å². The molecule has 0 amide bonds. The molecular weight excluding hydrogens is 365 g/mol. The van der Waals surface area contributed by atoms with E-state index in [0.29, 0.717) is 33.4 Å². The number of aromatic nitrogens is 4. The summed E-state index contributed by atoms with van der Waals surface area (Å²) in [5, 5.41) is 3.80. The molecule has 3 aromatic rings. The normalized spacial score (nSPS) is 17.2. The molecule has 9 heteroatoms. The van der Waals surface area contributed by atoms with Crippen LogP contribution in [0.15, 0.2) is 24.5 Å². The molecule has 0 radical (unpaired) electrons. The topological polar surface area (TPSA) is 74.1 Å². The number of hydrogen-bond donors (Lipinski definition) is 1. The number of anilines is 2. The monoisotopic (exact) mass is 379 g/mol. The summed E-state index contributed by atoms with van der Waals surface area (Å²) in [6, 6.07) is 5.33. The molecule has 130 valence electrons. The highest BCUT2D eigenvalue weighted by Crippen LogP contribution is 2.33. The molecule has 2 aromatic heterocycles. The molecule has 25 heavy (non-hydrogen) atoms. The van der Waals surface area contributed by atoms with Crippen LogP contribution >= 0.6 is 23.2 Å². The lowest BCUT2D eigenvalue weighted by atomic mass is 10.3. The van der Waals surface area contributed by atoms with Gasteiger partial charge in [-0.1, -0.05) is 11.6 Å². The highest BCUT2D eigenvalue weighted by Gasteiger charge is 2.22. The molecule has 0 aliphatic carbocycles. The number of imidazole rings is 1. The van der Waals surface area contributed by atoms with E-state index < -0.39 is 0 Å². The summed E-state index contributed by atoms with van der Waals surface area (Å²) < 4.78 is 12.8. The van der Waals surface area contributed by atoms with Crippen molar-refractivity contribution in [3.63, 3.8) is 0 Å². The smallest absolute Gasteiger partial charge is 0.226 e. The van der Waals surface area contributed by atoms with Gasteiger partial charge in [-0.2, -0.15) is 9.97 Å². The second kappa shape index (κ2) is 6.67. The van der Waals surface area contributed by atoms with E-state index >= 15 is 0 Å². The molecule has 1 fully saturated rings. The Morgan fingerprint density at radius 1 is 1.32 bits per heavy atom. The second-order valence-corrected chi connectivity index (χ2v) is 6.35. The van der Waals surface area contributed by atoms with Crippen molar-refractivity contribution in [2.45, 2.75) is 19.1 Å². The minimum Gasteiger partial charge on any atom is -0.497 e. The van der Waals surface area contributed by atoms with Crippen molar-refractivity contribution in [1.82, 2.24) is 19.5 Å². The zero-order valence-electron chi connectivity index (χ0n) is 13.4. The second-order valence-electron chi connectivity index (χ2n) is 5.60. The van der Waals surface area contributed by atoms with E-state index in [-0.39, 0.29) is 11.5 Å². The van der Waals surface area contributed by atoms with Gasteiger partial charge < -0.3 is 14.8 Å². The van der Waals surface area contributed by atoms with E-state index in [2.05, 4.69) is 20.3 Å². The number of fused-ring (bicyclic) bond motifs is 1. The highest BCUT2D eigenvalue weighted by molar-refractivity contribution is 6.33. The number of ether oxygens (including phenoxy) is 2. The van der Waals surface area contributed by atoms with Crippen molar-refractivity contribution in [3.05, 3.63) is 34.8 Å². The van der Waals surface area contributed by atoms with Gasteiger partial charge in [0.2, 0.25) is 5.28 Å². The van der Waals surface area contributed by atoms with Crippen molar-refractivity contribution < 1.29 is 9.47 Å². The van der Waals surface area contributed by atoms with Crippen molar-refractivity contribution in [2.24, 2.45) is 0 Å². The first-order valence-corrected chi connectivity index (χ1v) is 8.53. The predicted octanol–water partition coefficient (Wildman–Crippen LogP) is 4.19. The van der Waals surface area contributed by atoms with E-state index in [1.807, 2.05) is 4.57 Å². The fraction of sp³-hybridized carbons (Fsp3) is 0.312. The largest absolute Gasteiger partial charge is 0.497 e. The Bertz CT molecular complexity index is 924. The first-order chi connectivity index (χ1) is 12.2.